The maximum absolute atomic E-state index is 11.8. The number of halogens is 1. The first kappa shape index (κ1) is 15.9. The second-order valence-electron chi connectivity index (χ2n) is 4.69. The van der Waals surface area contributed by atoms with Crippen LogP contribution >= 0.6 is 11.6 Å². The molecule has 2 rings (SSSR count). The highest BCUT2D eigenvalue weighted by Gasteiger charge is 2.07. The maximum Gasteiger partial charge on any atom is 0.262 e. The van der Waals surface area contributed by atoms with Gasteiger partial charge in [-0.25, -0.2) is 0 Å². The van der Waals surface area contributed by atoms with E-state index in [-0.39, 0.29) is 12.5 Å². The fraction of sp³-hybridized carbons (Fsp3) is 0.125. The Hall–Kier alpha value is -2.53. The molecule has 0 saturated heterocycles. The fourth-order valence-electron chi connectivity index (χ4n) is 1.83. The number of rotatable bonds is 5. The zero-order valence-electron chi connectivity index (χ0n) is 11.9. The first-order chi connectivity index (χ1) is 10.5. The number of benzene rings is 2. The Labute approximate surface area is 133 Å². The molecule has 22 heavy (non-hydrogen) atoms. The van der Waals surface area contributed by atoms with Crippen molar-refractivity contribution in [2.24, 2.45) is 5.73 Å². The van der Waals surface area contributed by atoms with Crippen molar-refractivity contribution in [1.29, 1.82) is 0 Å². The third kappa shape index (κ3) is 4.23. The van der Waals surface area contributed by atoms with E-state index in [1.54, 1.807) is 42.5 Å². The number of primary amides is 1. The van der Waals surface area contributed by atoms with E-state index in [2.05, 4.69) is 5.32 Å². The first-order valence-corrected chi connectivity index (χ1v) is 6.92. The summed E-state index contributed by atoms with van der Waals surface area (Å²) >= 11 is 5.85. The number of hydrogen-bond donors (Lipinski definition) is 2. The van der Waals surface area contributed by atoms with Crippen molar-refractivity contribution >= 4 is 29.1 Å². The zero-order valence-corrected chi connectivity index (χ0v) is 12.7. The smallest absolute Gasteiger partial charge is 0.262 e. The number of amides is 2. The SMILES string of the molecule is Cc1cc(Cl)ccc1OCC(=O)Nc1ccc(C(N)=O)cc1. The lowest BCUT2D eigenvalue weighted by Crippen LogP contribution is -2.20. The standard InChI is InChI=1S/C16H15ClN2O3/c1-10-8-12(17)4-7-14(10)22-9-15(20)19-13-5-2-11(3-6-13)16(18)21/h2-8H,9H2,1H3,(H2,18,21)(H,19,20). The Bertz CT molecular complexity index is 699. The number of anilines is 1. The number of nitrogens with two attached hydrogens (primary N) is 1. The minimum absolute atomic E-state index is 0.125. The average Bonchev–Trinajstić information content (AvgIpc) is 2.47. The topological polar surface area (TPSA) is 81.4 Å². The summed E-state index contributed by atoms with van der Waals surface area (Å²) in [6.07, 6.45) is 0. The van der Waals surface area contributed by atoms with Crippen LogP contribution in [0.25, 0.3) is 0 Å². The molecule has 2 aromatic rings. The Kier molecular flexibility index (Phi) is 5.01. The van der Waals surface area contributed by atoms with Gasteiger partial charge < -0.3 is 15.8 Å². The van der Waals surface area contributed by atoms with Crippen molar-refractivity contribution in [3.63, 3.8) is 0 Å². The average molecular weight is 319 g/mol. The molecule has 0 fully saturated rings. The molecule has 6 heteroatoms. The zero-order chi connectivity index (χ0) is 16.1. The third-order valence-corrected chi connectivity index (χ3v) is 3.18. The summed E-state index contributed by atoms with van der Waals surface area (Å²) < 4.78 is 5.44. The first-order valence-electron chi connectivity index (χ1n) is 6.54. The van der Waals surface area contributed by atoms with Crippen molar-refractivity contribution in [1.82, 2.24) is 0 Å². The quantitative estimate of drug-likeness (QED) is 0.889. The summed E-state index contributed by atoms with van der Waals surface area (Å²) in [4.78, 5) is 22.8. The van der Waals surface area contributed by atoms with E-state index in [9.17, 15) is 9.59 Å². The predicted molar refractivity (Wildman–Crippen MR) is 85.3 cm³/mol. The van der Waals surface area contributed by atoms with E-state index in [4.69, 9.17) is 22.1 Å². The Morgan fingerprint density at radius 3 is 2.45 bits per heavy atom. The van der Waals surface area contributed by atoms with Crippen LogP contribution in [-0.2, 0) is 4.79 Å². The highest BCUT2D eigenvalue weighted by atomic mass is 35.5. The van der Waals surface area contributed by atoms with Gasteiger partial charge in [-0.2, -0.15) is 0 Å². The van der Waals surface area contributed by atoms with E-state index in [1.807, 2.05) is 6.92 Å². The van der Waals surface area contributed by atoms with Crippen LogP contribution in [0.5, 0.6) is 5.75 Å². The van der Waals surface area contributed by atoms with Gasteiger partial charge >= 0.3 is 0 Å². The lowest BCUT2D eigenvalue weighted by atomic mass is 10.2. The van der Waals surface area contributed by atoms with Gasteiger partial charge in [0.25, 0.3) is 5.91 Å². The molecule has 0 aromatic heterocycles. The number of aryl methyl sites for hydroxylation is 1. The summed E-state index contributed by atoms with van der Waals surface area (Å²) in [7, 11) is 0. The van der Waals surface area contributed by atoms with Crippen LogP contribution < -0.4 is 15.8 Å². The van der Waals surface area contributed by atoms with Gasteiger partial charge in [-0.15, -0.1) is 0 Å². The molecule has 2 amide bonds. The molecule has 114 valence electrons. The van der Waals surface area contributed by atoms with Crippen molar-refractivity contribution in [3.8, 4) is 5.75 Å². The molecule has 0 unspecified atom stereocenters. The molecular formula is C16H15ClN2O3. The van der Waals surface area contributed by atoms with E-state index in [0.717, 1.165) is 5.56 Å². The molecule has 2 aromatic carbocycles. The van der Waals surface area contributed by atoms with Crippen LogP contribution in [0.2, 0.25) is 5.02 Å². The van der Waals surface area contributed by atoms with Gasteiger partial charge in [-0.1, -0.05) is 11.6 Å². The summed E-state index contributed by atoms with van der Waals surface area (Å²) in [6, 6.07) is 11.5. The summed E-state index contributed by atoms with van der Waals surface area (Å²) in [6.45, 7) is 1.72. The number of carbonyl (C=O) groups excluding carboxylic acids is 2. The van der Waals surface area contributed by atoms with E-state index in [0.29, 0.717) is 22.0 Å². The van der Waals surface area contributed by atoms with Crippen molar-refractivity contribution in [2.75, 3.05) is 11.9 Å². The van der Waals surface area contributed by atoms with Crippen LogP contribution in [0.3, 0.4) is 0 Å². The fourth-order valence-corrected chi connectivity index (χ4v) is 2.06. The summed E-state index contributed by atoms with van der Waals surface area (Å²) in [5.41, 5.74) is 6.94. The maximum atomic E-state index is 11.8. The summed E-state index contributed by atoms with van der Waals surface area (Å²) in [5.74, 6) is -0.218. The number of ether oxygens (including phenoxy) is 1. The van der Waals surface area contributed by atoms with Gasteiger partial charge in [0.05, 0.1) is 0 Å². The number of nitrogens with one attached hydrogen (secondary N) is 1. The second kappa shape index (κ2) is 6.95. The largest absolute Gasteiger partial charge is 0.483 e. The van der Waals surface area contributed by atoms with Gasteiger partial charge in [0.15, 0.2) is 6.61 Å². The second-order valence-corrected chi connectivity index (χ2v) is 5.12. The number of hydrogen-bond acceptors (Lipinski definition) is 3. The van der Waals surface area contributed by atoms with Crippen LogP contribution in [0.15, 0.2) is 42.5 Å². The van der Waals surface area contributed by atoms with Crippen LogP contribution in [-0.4, -0.2) is 18.4 Å². The molecule has 3 N–H and O–H groups in total. The van der Waals surface area contributed by atoms with Crippen molar-refractivity contribution in [3.05, 3.63) is 58.6 Å². The van der Waals surface area contributed by atoms with E-state index in [1.165, 1.54) is 0 Å². The minimum Gasteiger partial charge on any atom is -0.483 e. The van der Waals surface area contributed by atoms with Crippen LogP contribution in [0.1, 0.15) is 15.9 Å². The molecular weight excluding hydrogens is 304 g/mol. The molecule has 0 bridgehead atoms. The molecule has 0 saturated carbocycles. The van der Waals surface area contributed by atoms with Crippen LogP contribution in [0.4, 0.5) is 5.69 Å². The van der Waals surface area contributed by atoms with Gasteiger partial charge in [-0.3, -0.25) is 9.59 Å². The van der Waals surface area contributed by atoms with Gasteiger partial charge in [0, 0.05) is 16.3 Å². The monoisotopic (exact) mass is 318 g/mol. The molecule has 0 atom stereocenters. The molecule has 0 radical (unpaired) electrons. The highest BCUT2D eigenvalue weighted by molar-refractivity contribution is 6.30. The Morgan fingerprint density at radius 1 is 1.18 bits per heavy atom. The van der Waals surface area contributed by atoms with Gasteiger partial charge in [0.2, 0.25) is 5.91 Å². The third-order valence-electron chi connectivity index (χ3n) is 2.95. The lowest BCUT2D eigenvalue weighted by Gasteiger charge is -2.10. The molecule has 0 heterocycles. The Morgan fingerprint density at radius 2 is 1.86 bits per heavy atom. The van der Waals surface area contributed by atoms with Crippen LogP contribution in [0, 0.1) is 6.92 Å². The molecule has 0 spiro atoms. The molecule has 5 nitrogen and oxygen atoms in total. The van der Waals surface area contributed by atoms with Gasteiger partial charge in [0.1, 0.15) is 5.75 Å². The highest BCUT2D eigenvalue weighted by Crippen LogP contribution is 2.21. The Balaban J connectivity index is 1.91. The van der Waals surface area contributed by atoms with Gasteiger partial charge in [-0.05, 0) is 55.0 Å². The predicted octanol–water partition coefficient (Wildman–Crippen LogP) is 2.76. The normalized spacial score (nSPS) is 10.1. The van der Waals surface area contributed by atoms with E-state index >= 15 is 0 Å². The molecule has 0 aliphatic carbocycles. The number of carbonyl (C=O) groups is 2. The lowest BCUT2D eigenvalue weighted by molar-refractivity contribution is -0.118. The van der Waals surface area contributed by atoms with Crippen molar-refractivity contribution < 1.29 is 14.3 Å². The minimum atomic E-state index is -0.514. The summed E-state index contributed by atoms with van der Waals surface area (Å²) in [5, 5.41) is 3.28. The molecule has 0 aliphatic rings. The van der Waals surface area contributed by atoms with Crippen molar-refractivity contribution in [2.45, 2.75) is 6.92 Å². The molecule has 0 aliphatic heterocycles. The van der Waals surface area contributed by atoms with E-state index < -0.39 is 5.91 Å².